The summed E-state index contributed by atoms with van der Waals surface area (Å²) in [5.74, 6) is 0. The van der Waals surface area contributed by atoms with Crippen LogP contribution in [0.1, 0.15) is 27.7 Å². The highest BCUT2D eigenvalue weighted by Crippen LogP contribution is 2.06. The summed E-state index contributed by atoms with van der Waals surface area (Å²) in [6, 6.07) is 11.0. The zero-order valence-electron chi connectivity index (χ0n) is 11.3. The molecule has 96 valence electrons. The average molecular weight is 236 g/mol. The van der Waals surface area contributed by atoms with Gasteiger partial charge in [-0.1, -0.05) is 18.2 Å². The lowest BCUT2D eigenvalue weighted by Gasteiger charge is -2.30. The molecule has 0 unspecified atom stereocenters. The van der Waals surface area contributed by atoms with E-state index in [4.69, 9.17) is 4.84 Å². The Morgan fingerprint density at radius 2 is 1.65 bits per heavy atom. The first-order chi connectivity index (χ1) is 8.11. The number of nitrogens with one attached hydrogen (secondary N) is 1. The van der Waals surface area contributed by atoms with Gasteiger partial charge in [-0.15, -0.1) is 0 Å². The summed E-state index contributed by atoms with van der Waals surface area (Å²) in [7, 11) is 0. The molecule has 0 aliphatic carbocycles. The van der Waals surface area contributed by atoms with Crippen molar-refractivity contribution in [3.8, 4) is 0 Å². The SMILES string of the molecule is CC(C)N(CCONc1ccccc1)C(C)C. The second-order valence-electron chi connectivity index (χ2n) is 4.74. The molecule has 3 nitrogen and oxygen atoms in total. The summed E-state index contributed by atoms with van der Waals surface area (Å²) in [6.45, 7) is 10.5. The van der Waals surface area contributed by atoms with Gasteiger partial charge in [-0.2, -0.15) is 0 Å². The average Bonchev–Trinajstić information content (AvgIpc) is 2.29. The second-order valence-corrected chi connectivity index (χ2v) is 4.74. The lowest BCUT2D eigenvalue weighted by atomic mass is 10.2. The quantitative estimate of drug-likeness (QED) is 0.581. The molecule has 0 saturated heterocycles. The Morgan fingerprint density at radius 1 is 1.06 bits per heavy atom. The Morgan fingerprint density at radius 3 is 2.18 bits per heavy atom. The van der Waals surface area contributed by atoms with Gasteiger partial charge in [-0.05, 0) is 39.8 Å². The predicted molar refractivity (Wildman–Crippen MR) is 73.0 cm³/mol. The van der Waals surface area contributed by atoms with E-state index in [-0.39, 0.29) is 0 Å². The van der Waals surface area contributed by atoms with E-state index in [9.17, 15) is 0 Å². The molecule has 0 saturated carbocycles. The van der Waals surface area contributed by atoms with E-state index in [1.54, 1.807) is 0 Å². The lowest BCUT2D eigenvalue weighted by molar-refractivity contribution is 0.106. The zero-order valence-corrected chi connectivity index (χ0v) is 11.3. The van der Waals surface area contributed by atoms with Gasteiger partial charge in [-0.3, -0.25) is 15.2 Å². The summed E-state index contributed by atoms with van der Waals surface area (Å²) >= 11 is 0. The van der Waals surface area contributed by atoms with E-state index in [2.05, 4.69) is 38.1 Å². The Hall–Kier alpha value is -1.06. The van der Waals surface area contributed by atoms with Crippen LogP contribution in [-0.4, -0.2) is 30.1 Å². The molecular formula is C14H24N2O. The molecule has 0 heterocycles. The van der Waals surface area contributed by atoms with Gasteiger partial charge in [0.1, 0.15) is 0 Å². The number of anilines is 1. The van der Waals surface area contributed by atoms with E-state index in [0.717, 1.165) is 12.2 Å². The predicted octanol–water partition coefficient (Wildman–Crippen LogP) is 3.15. The van der Waals surface area contributed by atoms with Crippen molar-refractivity contribution >= 4 is 5.69 Å². The van der Waals surface area contributed by atoms with Gasteiger partial charge in [-0.25, -0.2) is 0 Å². The first-order valence-corrected chi connectivity index (χ1v) is 6.30. The number of rotatable bonds is 7. The standard InChI is InChI=1S/C14H24N2O/c1-12(2)16(13(3)4)10-11-17-15-14-8-6-5-7-9-14/h5-9,12-13,15H,10-11H2,1-4H3. The molecular weight excluding hydrogens is 212 g/mol. The van der Waals surface area contributed by atoms with E-state index in [1.165, 1.54) is 0 Å². The van der Waals surface area contributed by atoms with E-state index in [0.29, 0.717) is 18.7 Å². The van der Waals surface area contributed by atoms with Gasteiger partial charge in [0.2, 0.25) is 0 Å². The van der Waals surface area contributed by atoms with Crippen LogP contribution in [0.15, 0.2) is 30.3 Å². The molecule has 0 radical (unpaired) electrons. The van der Waals surface area contributed by atoms with Crippen LogP contribution in [-0.2, 0) is 4.84 Å². The van der Waals surface area contributed by atoms with Crippen molar-refractivity contribution in [1.82, 2.24) is 4.90 Å². The van der Waals surface area contributed by atoms with Crippen LogP contribution < -0.4 is 5.48 Å². The van der Waals surface area contributed by atoms with Crippen molar-refractivity contribution < 1.29 is 4.84 Å². The van der Waals surface area contributed by atoms with Crippen molar-refractivity contribution in [2.45, 2.75) is 39.8 Å². The molecule has 0 fully saturated rings. The molecule has 1 rings (SSSR count). The zero-order chi connectivity index (χ0) is 12.7. The smallest absolute Gasteiger partial charge is 0.0873 e. The molecule has 17 heavy (non-hydrogen) atoms. The fourth-order valence-corrected chi connectivity index (χ4v) is 1.90. The van der Waals surface area contributed by atoms with Crippen LogP contribution in [0.2, 0.25) is 0 Å². The van der Waals surface area contributed by atoms with Crippen molar-refractivity contribution in [3.05, 3.63) is 30.3 Å². The van der Waals surface area contributed by atoms with Gasteiger partial charge >= 0.3 is 0 Å². The minimum absolute atomic E-state index is 0.551. The molecule has 3 heteroatoms. The minimum atomic E-state index is 0.551. The fourth-order valence-electron chi connectivity index (χ4n) is 1.90. The summed E-state index contributed by atoms with van der Waals surface area (Å²) in [5.41, 5.74) is 3.94. The highest BCUT2D eigenvalue weighted by Gasteiger charge is 2.12. The van der Waals surface area contributed by atoms with Gasteiger partial charge in [0.25, 0.3) is 0 Å². The Balaban J connectivity index is 2.23. The topological polar surface area (TPSA) is 24.5 Å². The first kappa shape index (κ1) is 14.0. The Bertz CT molecular complexity index is 290. The number of para-hydroxylation sites is 1. The van der Waals surface area contributed by atoms with Crippen molar-refractivity contribution in [3.63, 3.8) is 0 Å². The molecule has 0 bridgehead atoms. The van der Waals surface area contributed by atoms with Gasteiger partial charge in [0.15, 0.2) is 0 Å². The summed E-state index contributed by atoms with van der Waals surface area (Å²) < 4.78 is 0. The van der Waals surface area contributed by atoms with Gasteiger partial charge < -0.3 is 0 Å². The highest BCUT2D eigenvalue weighted by atomic mass is 16.6. The van der Waals surface area contributed by atoms with Crippen molar-refractivity contribution in [1.29, 1.82) is 0 Å². The third kappa shape index (κ3) is 5.20. The van der Waals surface area contributed by atoms with Crippen LogP contribution in [0.3, 0.4) is 0 Å². The molecule has 0 aliphatic rings. The van der Waals surface area contributed by atoms with Gasteiger partial charge in [0, 0.05) is 18.6 Å². The van der Waals surface area contributed by atoms with E-state index < -0.39 is 0 Å². The Kier molecular flexibility index (Phi) is 6.01. The van der Waals surface area contributed by atoms with Crippen molar-refractivity contribution in [2.75, 3.05) is 18.6 Å². The van der Waals surface area contributed by atoms with Crippen LogP contribution >= 0.6 is 0 Å². The number of hydrogen-bond donors (Lipinski definition) is 1. The maximum atomic E-state index is 5.46. The van der Waals surface area contributed by atoms with Gasteiger partial charge in [0.05, 0.1) is 12.3 Å². The third-order valence-corrected chi connectivity index (χ3v) is 2.74. The number of hydrogen-bond acceptors (Lipinski definition) is 3. The molecule has 0 spiro atoms. The maximum absolute atomic E-state index is 5.46. The number of benzene rings is 1. The minimum Gasteiger partial charge on any atom is -0.296 e. The molecule has 0 aromatic heterocycles. The molecule has 1 N–H and O–H groups in total. The highest BCUT2D eigenvalue weighted by molar-refractivity contribution is 5.39. The van der Waals surface area contributed by atoms with Crippen LogP contribution in [0.25, 0.3) is 0 Å². The maximum Gasteiger partial charge on any atom is 0.0873 e. The largest absolute Gasteiger partial charge is 0.296 e. The van der Waals surface area contributed by atoms with Crippen LogP contribution in [0, 0.1) is 0 Å². The molecule has 1 aromatic carbocycles. The van der Waals surface area contributed by atoms with Crippen LogP contribution in [0.4, 0.5) is 5.69 Å². The Labute approximate surface area is 105 Å². The molecule has 1 aromatic rings. The van der Waals surface area contributed by atoms with E-state index in [1.807, 2.05) is 30.3 Å². The molecule has 0 atom stereocenters. The lowest BCUT2D eigenvalue weighted by Crippen LogP contribution is -2.39. The fraction of sp³-hybridized carbons (Fsp3) is 0.571. The third-order valence-electron chi connectivity index (χ3n) is 2.74. The summed E-state index contributed by atoms with van der Waals surface area (Å²) in [6.07, 6.45) is 0. The first-order valence-electron chi connectivity index (χ1n) is 6.30. The molecule has 0 amide bonds. The second kappa shape index (κ2) is 7.30. The molecule has 0 aliphatic heterocycles. The number of nitrogens with zero attached hydrogens (tertiary/aromatic N) is 1. The van der Waals surface area contributed by atoms with Crippen LogP contribution in [0.5, 0.6) is 0 Å². The summed E-state index contributed by atoms with van der Waals surface area (Å²) in [4.78, 5) is 7.87. The monoisotopic (exact) mass is 236 g/mol. The summed E-state index contributed by atoms with van der Waals surface area (Å²) in [5, 5.41) is 0. The van der Waals surface area contributed by atoms with E-state index >= 15 is 0 Å². The normalized spacial score (nSPS) is 11.5. The van der Waals surface area contributed by atoms with Crippen molar-refractivity contribution in [2.24, 2.45) is 0 Å².